The normalized spacial score (nSPS) is 11.0. The molecule has 0 radical (unpaired) electrons. The van der Waals surface area contributed by atoms with Crippen molar-refractivity contribution in [2.45, 2.75) is 39.5 Å². The van der Waals surface area contributed by atoms with Gasteiger partial charge >= 0.3 is 0 Å². The molecule has 1 aromatic carbocycles. The first kappa shape index (κ1) is 14.2. The average molecular weight is 319 g/mol. The Kier molecular flexibility index (Phi) is 4.70. The molecule has 1 heterocycles. The third kappa shape index (κ3) is 3.63. The Bertz CT molecular complexity index is 564. The van der Waals surface area contributed by atoms with Gasteiger partial charge in [0.1, 0.15) is 10.4 Å². The van der Waals surface area contributed by atoms with Crippen LogP contribution in [0.3, 0.4) is 0 Å². The van der Waals surface area contributed by atoms with Crippen molar-refractivity contribution >= 4 is 15.9 Å². The summed E-state index contributed by atoms with van der Waals surface area (Å²) >= 11 is 3.48. The van der Waals surface area contributed by atoms with E-state index in [9.17, 15) is 0 Å². The lowest BCUT2D eigenvalue weighted by Crippen LogP contribution is -1.99. The Morgan fingerprint density at radius 1 is 1.16 bits per heavy atom. The van der Waals surface area contributed by atoms with Gasteiger partial charge in [0, 0.05) is 11.5 Å². The molecule has 0 spiro atoms. The summed E-state index contributed by atoms with van der Waals surface area (Å²) in [5.74, 6) is 1.21. The molecule has 0 saturated heterocycles. The van der Waals surface area contributed by atoms with Gasteiger partial charge in [-0.3, -0.25) is 0 Å². The molecule has 0 amide bonds. The van der Waals surface area contributed by atoms with Crippen LogP contribution in [0.4, 0.5) is 0 Å². The fourth-order valence-electron chi connectivity index (χ4n) is 2.02. The van der Waals surface area contributed by atoms with E-state index in [-0.39, 0.29) is 0 Å². The van der Waals surface area contributed by atoms with Crippen molar-refractivity contribution in [3.8, 4) is 11.3 Å². The Hall–Kier alpha value is -1.22. The molecule has 0 aliphatic carbocycles. The molecule has 0 fully saturated rings. The zero-order valence-corrected chi connectivity index (χ0v) is 13.2. The lowest BCUT2D eigenvalue weighted by atomic mass is 10.0. The van der Waals surface area contributed by atoms with Crippen LogP contribution in [-0.2, 0) is 6.42 Å². The van der Waals surface area contributed by atoms with Crippen LogP contribution < -0.4 is 0 Å². The minimum Gasteiger partial charge on any atom is -0.233 e. The largest absolute Gasteiger partial charge is 0.233 e. The SMILES string of the molecule is CCCc1cccc(-c2cc(Br)nc(C(C)C)n2)c1. The highest BCUT2D eigenvalue weighted by Crippen LogP contribution is 2.23. The minimum atomic E-state index is 0.329. The molecule has 3 heteroatoms. The highest BCUT2D eigenvalue weighted by molar-refractivity contribution is 9.10. The van der Waals surface area contributed by atoms with E-state index >= 15 is 0 Å². The van der Waals surface area contributed by atoms with E-state index in [1.165, 1.54) is 5.56 Å². The van der Waals surface area contributed by atoms with Crippen LogP contribution in [0.5, 0.6) is 0 Å². The van der Waals surface area contributed by atoms with Gasteiger partial charge in [-0.2, -0.15) is 0 Å². The predicted octanol–water partition coefficient (Wildman–Crippen LogP) is 4.98. The molecule has 0 aliphatic heterocycles. The van der Waals surface area contributed by atoms with Crippen LogP contribution in [0.2, 0.25) is 0 Å². The Morgan fingerprint density at radius 2 is 1.95 bits per heavy atom. The predicted molar refractivity (Wildman–Crippen MR) is 83.3 cm³/mol. The molecule has 0 bridgehead atoms. The van der Waals surface area contributed by atoms with Crippen molar-refractivity contribution < 1.29 is 0 Å². The lowest BCUT2D eigenvalue weighted by Gasteiger charge is -2.09. The Balaban J connectivity index is 2.43. The summed E-state index contributed by atoms with van der Waals surface area (Å²) < 4.78 is 0.849. The molecule has 2 nitrogen and oxygen atoms in total. The first-order valence-corrected chi connectivity index (χ1v) is 7.53. The average Bonchev–Trinajstić information content (AvgIpc) is 2.38. The zero-order chi connectivity index (χ0) is 13.8. The lowest BCUT2D eigenvalue weighted by molar-refractivity contribution is 0.771. The second-order valence-electron chi connectivity index (χ2n) is 5.04. The molecule has 0 saturated carbocycles. The van der Waals surface area contributed by atoms with Gasteiger partial charge in [0.05, 0.1) is 5.69 Å². The van der Waals surface area contributed by atoms with Gasteiger partial charge in [0.2, 0.25) is 0 Å². The highest BCUT2D eigenvalue weighted by atomic mass is 79.9. The van der Waals surface area contributed by atoms with Crippen molar-refractivity contribution in [1.82, 2.24) is 9.97 Å². The molecule has 0 aliphatic rings. The maximum absolute atomic E-state index is 4.66. The minimum absolute atomic E-state index is 0.329. The van der Waals surface area contributed by atoms with Crippen molar-refractivity contribution in [1.29, 1.82) is 0 Å². The van der Waals surface area contributed by atoms with Crippen LogP contribution in [0.1, 0.15) is 44.5 Å². The molecule has 0 atom stereocenters. The Morgan fingerprint density at radius 3 is 2.63 bits per heavy atom. The van der Waals surface area contributed by atoms with E-state index in [2.05, 4.69) is 70.9 Å². The molecule has 2 aromatic rings. The smallest absolute Gasteiger partial charge is 0.132 e. The molecule has 1 aromatic heterocycles. The summed E-state index contributed by atoms with van der Waals surface area (Å²) in [5.41, 5.74) is 3.51. The third-order valence-electron chi connectivity index (χ3n) is 2.99. The van der Waals surface area contributed by atoms with Crippen molar-refractivity contribution in [2.24, 2.45) is 0 Å². The van der Waals surface area contributed by atoms with Crippen LogP contribution in [0.15, 0.2) is 34.9 Å². The first-order chi connectivity index (χ1) is 9.10. The Labute approximate surface area is 123 Å². The van der Waals surface area contributed by atoms with Crippen molar-refractivity contribution in [2.75, 3.05) is 0 Å². The van der Waals surface area contributed by atoms with E-state index in [1.54, 1.807) is 0 Å². The summed E-state index contributed by atoms with van der Waals surface area (Å²) in [7, 11) is 0. The summed E-state index contributed by atoms with van der Waals surface area (Å²) in [4.78, 5) is 9.09. The first-order valence-electron chi connectivity index (χ1n) is 6.74. The van der Waals surface area contributed by atoms with Crippen molar-refractivity contribution in [3.63, 3.8) is 0 Å². The zero-order valence-electron chi connectivity index (χ0n) is 11.7. The van der Waals surface area contributed by atoms with Crippen LogP contribution in [0, 0.1) is 0 Å². The van der Waals surface area contributed by atoms with Crippen LogP contribution in [-0.4, -0.2) is 9.97 Å². The van der Waals surface area contributed by atoms with Gasteiger partial charge in [-0.05, 0) is 40.0 Å². The quantitative estimate of drug-likeness (QED) is 0.743. The number of nitrogens with zero attached hydrogens (tertiary/aromatic N) is 2. The molecular weight excluding hydrogens is 300 g/mol. The van der Waals surface area contributed by atoms with E-state index in [0.29, 0.717) is 5.92 Å². The number of hydrogen-bond acceptors (Lipinski definition) is 2. The summed E-state index contributed by atoms with van der Waals surface area (Å²) in [5, 5.41) is 0. The van der Waals surface area contributed by atoms with E-state index in [4.69, 9.17) is 0 Å². The van der Waals surface area contributed by atoms with Gasteiger partial charge in [-0.15, -0.1) is 0 Å². The maximum atomic E-state index is 4.66. The van der Waals surface area contributed by atoms with E-state index in [0.717, 1.165) is 34.5 Å². The number of halogens is 1. The molecule has 0 N–H and O–H groups in total. The van der Waals surface area contributed by atoms with Crippen molar-refractivity contribution in [3.05, 3.63) is 46.3 Å². The summed E-state index contributed by atoms with van der Waals surface area (Å²) in [6.07, 6.45) is 2.27. The fraction of sp³-hybridized carbons (Fsp3) is 0.375. The third-order valence-corrected chi connectivity index (χ3v) is 3.40. The molecule has 100 valence electrons. The summed E-state index contributed by atoms with van der Waals surface area (Å²) in [6.45, 7) is 6.42. The highest BCUT2D eigenvalue weighted by Gasteiger charge is 2.08. The summed E-state index contributed by atoms with van der Waals surface area (Å²) in [6, 6.07) is 10.6. The van der Waals surface area contributed by atoms with E-state index < -0.39 is 0 Å². The van der Waals surface area contributed by atoms with Gasteiger partial charge in [-0.1, -0.05) is 45.4 Å². The molecule has 0 unspecified atom stereocenters. The number of benzene rings is 1. The fourth-order valence-corrected chi connectivity index (χ4v) is 2.41. The molecular formula is C16H19BrN2. The van der Waals surface area contributed by atoms with E-state index in [1.807, 2.05) is 6.07 Å². The standard InChI is InChI=1S/C16H19BrN2/c1-4-6-12-7-5-8-13(9-12)14-10-15(17)19-16(18-14)11(2)3/h5,7-11H,4,6H2,1-3H3. The van der Waals surface area contributed by atoms with Gasteiger partial charge in [-0.25, -0.2) is 9.97 Å². The van der Waals surface area contributed by atoms with Crippen LogP contribution in [0.25, 0.3) is 11.3 Å². The maximum Gasteiger partial charge on any atom is 0.132 e. The number of rotatable bonds is 4. The number of aromatic nitrogens is 2. The monoisotopic (exact) mass is 318 g/mol. The molecule has 2 rings (SSSR count). The van der Waals surface area contributed by atoms with Gasteiger partial charge < -0.3 is 0 Å². The second-order valence-corrected chi connectivity index (χ2v) is 5.85. The number of aryl methyl sites for hydroxylation is 1. The second kappa shape index (κ2) is 6.29. The topological polar surface area (TPSA) is 25.8 Å². The van der Waals surface area contributed by atoms with Gasteiger partial charge in [0.15, 0.2) is 0 Å². The van der Waals surface area contributed by atoms with Crippen LogP contribution >= 0.6 is 15.9 Å². The van der Waals surface area contributed by atoms with Gasteiger partial charge in [0.25, 0.3) is 0 Å². The number of hydrogen-bond donors (Lipinski definition) is 0. The molecule has 19 heavy (non-hydrogen) atoms.